The first-order valence-corrected chi connectivity index (χ1v) is 10.5. The van der Waals surface area contributed by atoms with E-state index in [1.54, 1.807) is 30.3 Å². The molecule has 1 atom stereocenters. The third-order valence-corrected chi connectivity index (χ3v) is 6.57. The minimum absolute atomic E-state index is 0.0430. The number of anilines is 1. The summed E-state index contributed by atoms with van der Waals surface area (Å²) in [6.45, 7) is 9.55. The molecule has 2 aromatic carbocycles. The van der Waals surface area contributed by atoms with Crippen LogP contribution in [-0.2, 0) is 14.8 Å². The van der Waals surface area contributed by atoms with Gasteiger partial charge in [-0.25, -0.2) is 8.42 Å². The van der Waals surface area contributed by atoms with Gasteiger partial charge in [0, 0.05) is 6.04 Å². The summed E-state index contributed by atoms with van der Waals surface area (Å²) in [6.07, 6.45) is 0. The van der Waals surface area contributed by atoms with E-state index in [0.29, 0.717) is 5.69 Å². The lowest BCUT2D eigenvalue weighted by Gasteiger charge is -2.26. The molecule has 6 heteroatoms. The maximum atomic E-state index is 13.2. The number of amides is 1. The second-order valence-electron chi connectivity index (χ2n) is 7.19. The van der Waals surface area contributed by atoms with Crippen LogP contribution in [0.3, 0.4) is 0 Å². The van der Waals surface area contributed by atoms with Crippen molar-refractivity contribution < 1.29 is 13.2 Å². The molecule has 146 valence electrons. The van der Waals surface area contributed by atoms with E-state index in [1.165, 1.54) is 16.4 Å². The molecule has 0 bridgehead atoms. The van der Waals surface area contributed by atoms with Gasteiger partial charge >= 0.3 is 0 Å². The fraction of sp³-hybridized carbons (Fsp3) is 0.381. The monoisotopic (exact) mass is 388 g/mol. The Kier molecular flexibility index (Phi) is 6.65. The highest BCUT2D eigenvalue weighted by Gasteiger charge is 2.27. The molecule has 5 nitrogen and oxygen atoms in total. The molecule has 0 aromatic heterocycles. The van der Waals surface area contributed by atoms with Gasteiger partial charge in [0.05, 0.1) is 10.6 Å². The van der Waals surface area contributed by atoms with Gasteiger partial charge in [-0.3, -0.25) is 9.10 Å². The molecule has 0 saturated heterocycles. The normalized spacial score (nSPS) is 12.7. The number of hydrogen-bond donors (Lipinski definition) is 1. The number of carbonyl (C=O) groups excluding carboxylic acids is 1. The Morgan fingerprint density at radius 3 is 2.19 bits per heavy atom. The zero-order valence-electron chi connectivity index (χ0n) is 16.6. The number of rotatable bonds is 7. The van der Waals surface area contributed by atoms with Crippen LogP contribution in [-0.4, -0.2) is 26.9 Å². The average molecular weight is 389 g/mol. The van der Waals surface area contributed by atoms with Crippen LogP contribution in [0.2, 0.25) is 0 Å². The average Bonchev–Trinajstić information content (AvgIpc) is 2.62. The van der Waals surface area contributed by atoms with Crippen LogP contribution in [0.25, 0.3) is 0 Å². The Labute approximate surface area is 162 Å². The molecular weight excluding hydrogens is 360 g/mol. The lowest BCUT2D eigenvalue weighted by Crippen LogP contribution is -2.45. The minimum atomic E-state index is -3.86. The maximum absolute atomic E-state index is 13.2. The van der Waals surface area contributed by atoms with E-state index in [4.69, 9.17) is 0 Å². The standard InChI is InChI=1S/C21H28N2O3S/c1-15(2)18(5)22-21(24)14-23(19-12-11-16(3)17(4)13-19)27(25,26)20-9-7-6-8-10-20/h6-13,15,18H,14H2,1-5H3,(H,22,24). The second kappa shape index (κ2) is 8.57. The molecule has 2 rings (SSSR count). The second-order valence-corrected chi connectivity index (χ2v) is 9.06. The van der Waals surface area contributed by atoms with Crippen LogP contribution in [0.5, 0.6) is 0 Å². The van der Waals surface area contributed by atoms with Crippen molar-refractivity contribution in [1.29, 1.82) is 0 Å². The highest BCUT2D eigenvalue weighted by atomic mass is 32.2. The van der Waals surface area contributed by atoms with Crippen LogP contribution in [0.1, 0.15) is 31.9 Å². The van der Waals surface area contributed by atoms with Gasteiger partial charge in [0.1, 0.15) is 6.54 Å². The maximum Gasteiger partial charge on any atom is 0.264 e. The van der Waals surface area contributed by atoms with Crippen molar-refractivity contribution in [1.82, 2.24) is 5.32 Å². The topological polar surface area (TPSA) is 66.5 Å². The zero-order chi connectivity index (χ0) is 20.2. The first-order chi connectivity index (χ1) is 12.6. The summed E-state index contributed by atoms with van der Waals surface area (Å²) >= 11 is 0. The minimum Gasteiger partial charge on any atom is -0.352 e. The molecule has 0 aliphatic carbocycles. The summed E-state index contributed by atoms with van der Waals surface area (Å²) < 4.78 is 27.6. The molecule has 1 unspecified atom stereocenters. The Morgan fingerprint density at radius 2 is 1.63 bits per heavy atom. The van der Waals surface area contributed by atoms with Crippen LogP contribution in [0.4, 0.5) is 5.69 Å². The fourth-order valence-corrected chi connectivity index (χ4v) is 3.95. The molecule has 1 amide bonds. The smallest absolute Gasteiger partial charge is 0.264 e. The van der Waals surface area contributed by atoms with Crippen molar-refractivity contribution in [2.24, 2.45) is 5.92 Å². The summed E-state index contributed by atoms with van der Waals surface area (Å²) in [4.78, 5) is 12.7. The van der Waals surface area contributed by atoms with Gasteiger partial charge in [-0.15, -0.1) is 0 Å². The molecule has 0 saturated carbocycles. The molecule has 0 radical (unpaired) electrons. The van der Waals surface area contributed by atoms with E-state index < -0.39 is 10.0 Å². The van der Waals surface area contributed by atoms with E-state index in [2.05, 4.69) is 5.32 Å². The largest absolute Gasteiger partial charge is 0.352 e. The Hall–Kier alpha value is -2.34. The third-order valence-electron chi connectivity index (χ3n) is 4.79. The van der Waals surface area contributed by atoms with E-state index in [0.717, 1.165) is 11.1 Å². The summed E-state index contributed by atoms with van der Waals surface area (Å²) in [5.41, 5.74) is 2.51. The molecule has 0 spiro atoms. The number of hydrogen-bond acceptors (Lipinski definition) is 3. The number of carbonyl (C=O) groups is 1. The lowest BCUT2D eigenvalue weighted by atomic mass is 10.1. The number of nitrogens with one attached hydrogen (secondary N) is 1. The van der Waals surface area contributed by atoms with Crippen molar-refractivity contribution in [3.63, 3.8) is 0 Å². The van der Waals surface area contributed by atoms with E-state index >= 15 is 0 Å². The van der Waals surface area contributed by atoms with Crippen molar-refractivity contribution in [3.8, 4) is 0 Å². The molecule has 2 aromatic rings. The fourth-order valence-electron chi connectivity index (χ4n) is 2.51. The van der Waals surface area contributed by atoms with Crippen LogP contribution in [0.15, 0.2) is 53.4 Å². The van der Waals surface area contributed by atoms with Crippen LogP contribution in [0, 0.1) is 19.8 Å². The van der Waals surface area contributed by atoms with E-state index in [-0.39, 0.29) is 29.3 Å². The van der Waals surface area contributed by atoms with Gasteiger partial charge < -0.3 is 5.32 Å². The first kappa shape index (κ1) is 21.0. The Bertz CT molecular complexity index is 893. The first-order valence-electron chi connectivity index (χ1n) is 9.07. The Balaban J connectivity index is 2.43. The van der Waals surface area contributed by atoms with Gasteiger partial charge in [-0.05, 0) is 62.1 Å². The SMILES string of the molecule is Cc1ccc(N(CC(=O)NC(C)C(C)C)S(=O)(=O)c2ccccc2)cc1C. The highest BCUT2D eigenvalue weighted by molar-refractivity contribution is 7.92. The molecule has 0 aliphatic heterocycles. The molecule has 0 heterocycles. The van der Waals surface area contributed by atoms with Crippen molar-refractivity contribution in [2.75, 3.05) is 10.8 Å². The quantitative estimate of drug-likeness (QED) is 0.787. The predicted molar refractivity (Wildman–Crippen MR) is 109 cm³/mol. The molecule has 0 fully saturated rings. The predicted octanol–water partition coefficient (Wildman–Crippen LogP) is 3.66. The number of benzene rings is 2. The summed E-state index contributed by atoms with van der Waals surface area (Å²) in [6, 6.07) is 13.5. The van der Waals surface area contributed by atoms with Gasteiger partial charge in [-0.1, -0.05) is 38.1 Å². The summed E-state index contributed by atoms with van der Waals surface area (Å²) in [5.74, 6) is -0.0660. The molecular formula is C21H28N2O3S. The van der Waals surface area contributed by atoms with Crippen molar-refractivity contribution in [3.05, 3.63) is 59.7 Å². The van der Waals surface area contributed by atoms with Crippen LogP contribution < -0.4 is 9.62 Å². The van der Waals surface area contributed by atoms with Crippen molar-refractivity contribution in [2.45, 2.75) is 45.6 Å². The van der Waals surface area contributed by atoms with Gasteiger partial charge in [0.25, 0.3) is 10.0 Å². The van der Waals surface area contributed by atoms with Gasteiger partial charge in [0.2, 0.25) is 5.91 Å². The number of aryl methyl sites for hydroxylation is 2. The third kappa shape index (κ3) is 5.10. The van der Waals surface area contributed by atoms with E-state index in [1.807, 2.05) is 40.7 Å². The van der Waals surface area contributed by atoms with Gasteiger partial charge in [-0.2, -0.15) is 0 Å². The number of sulfonamides is 1. The highest BCUT2D eigenvalue weighted by Crippen LogP contribution is 2.25. The summed E-state index contributed by atoms with van der Waals surface area (Å²) in [7, 11) is -3.86. The van der Waals surface area contributed by atoms with Crippen molar-refractivity contribution >= 4 is 21.6 Å². The number of nitrogens with zero attached hydrogens (tertiary/aromatic N) is 1. The van der Waals surface area contributed by atoms with Gasteiger partial charge in [0.15, 0.2) is 0 Å². The Morgan fingerprint density at radius 1 is 1.00 bits per heavy atom. The molecule has 1 N–H and O–H groups in total. The molecule has 0 aliphatic rings. The zero-order valence-corrected chi connectivity index (χ0v) is 17.4. The van der Waals surface area contributed by atoms with E-state index in [9.17, 15) is 13.2 Å². The lowest BCUT2D eigenvalue weighted by molar-refractivity contribution is -0.120. The van der Waals surface area contributed by atoms with Crippen LogP contribution >= 0.6 is 0 Å². The molecule has 27 heavy (non-hydrogen) atoms. The summed E-state index contributed by atoms with van der Waals surface area (Å²) in [5, 5.41) is 2.88.